The van der Waals surface area contributed by atoms with Gasteiger partial charge in [0.05, 0.1) is 12.2 Å². The summed E-state index contributed by atoms with van der Waals surface area (Å²) in [5.41, 5.74) is 2.00. The van der Waals surface area contributed by atoms with Crippen LogP contribution in [0.2, 0.25) is 0 Å². The van der Waals surface area contributed by atoms with E-state index < -0.39 is 0 Å². The number of rotatable bonds is 5. The Morgan fingerprint density at radius 2 is 1.92 bits per heavy atom. The van der Waals surface area contributed by atoms with Gasteiger partial charge in [0, 0.05) is 13.6 Å². The highest BCUT2D eigenvalue weighted by Gasteiger charge is 2.20. The van der Waals surface area contributed by atoms with Gasteiger partial charge in [-0.2, -0.15) is 0 Å². The molecule has 128 valence electrons. The molecule has 24 heavy (non-hydrogen) atoms. The number of amides is 1. The SMILES string of the molecule is Cc1nc(CN2CCCCC2)sc1C(=O)N(C)Cc1ccccc1. The Balaban J connectivity index is 1.66. The maximum atomic E-state index is 12.8. The first-order valence-electron chi connectivity index (χ1n) is 8.61. The summed E-state index contributed by atoms with van der Waals surface area (Å²) < 4.78 is 0. The fourth-order valence-electron chi connectivity index (χ4n) is 3.13. The molecule has 1 amide bonds. The molecule has 4 nitrogen and oxygen atoms in total. The molecule has 1 fully saturated rings. The second-order valence-corrected chi connectivity index (χ2v) is 7.59. The minimum Gasteiger partial charge on any atom is -0.337 e. The molecule has 1 aromatic carbocycles. The van der Waals surface area contributed by atoms with Crippen LogP contribution in [0.3, 0.4) is 0 Å². The zero-order chi connectivity index (χ0) is 16.9. The lowest BCUT2D eigenvalue weighted by molar-refractivity contribution is 0.0789. The van der Waals surface area contributed by atoms with E-state index in [1.54, 1.807) is 16.2 Å². The number of aromatic nitrogens is 1. The van der Waals surface area contributed by atoms with Crippen molar-refractivity contribution < 1.29 is 4.79 Å². The average Bonchev–Trinajstić information content (AvgIpc) is 2.96. The van der Waals surface area contributed by atoms with E-state index in [9.17, 15) is 4.79 Å². The molecule has 1 aliphatic heterocycles. The third-order valence-corrected chi connectivity index (χ3v) is 5.58. The van der Waals surface area contributed by atoms with Crippen LogP contribution in [0.5, 0.6) is 0 Å². The number of carbonyl (C=O) groups excluding carboxylic acids is 1. The van der Waals surface area contributed by atoms with Crippen LogP contribution in [-0.2, 0) is 13.1 Å². The number of nitrogens with zero attached hydrogens (tertiary/aromatic N) is 3. The molecule has 1 saturated heterocycles. The summed E-state index contributed by atoms with van der Waals surface area (Å²) in [7, 11) is 1.86. The quantitative estimate of drug-likeness (QED) is 0.830. The van der Waals surface area contributed by atoms with Crippen molar-refractivity contribution in [2.24, 2.45) is 0 Å². The molecule has 0 aliphatic carbocycles. The Morgan fingerprint density at radius 3 is 2.62 bits per heavy atom. The molecule has 1 aliphatic rings. The van der Waals surface area contributed by atoms with E-state index in [4.69, 9.17) is 0 Å². The van der Waals surface area contributed by atoms with E-state index in [0.717, 1.165) is 40.8 Å². The summed E-state index contributed by atoms with van der Waals surface area (Å²) in [6.07, 6.45) is 3.88. The van der Waals surface area contributed by atoms with Gasteiger partial charge in [-0.15, -0.1) is 11.3 Å². The van der Waals surface area contributed by atoms with Crippen LogP contribution in [0.25, 0.3) is 0 Å². The standard InChI is InChI=1S/C19H25N3OS/c1-15-18(19(23)21(2)13-16-9-5-3-6-10-16)24-17(20-15)14-22-11-7-4-8-12-22/h3,5-6,9-10H,4,7-8,11-14H2,1-2H3. The van der Waals surface area contributed by atoms with Crippen LogP contribution in [0.15, 0.2) is 30.3 Å². The predicted octanol–water partition coefficient (Wildman–Crippen LogP) is 3.71. The number of likely N-dealkylation sites (tertiary alicyclic amines) is 1. The Labute approximate surface area is 148 Å². The van der Waals surface area contributed by atoms with Gasteiger partial charge in [-0.05, 0) is 38.4 Å². The van der Waals surface area contributed by atoms with Crippen molar-refractivity contribution in [3.63, 3.8) is 0 Å². The Hall–Kier alpha value is -1.72. The molecule has 1 aromatic heterocycles. The van der Waals surface area contributed by atoms with E-state index in [1.807, 2.05) is 44.3 Å². The smallest absolute Gasteiger partial charge is 0.265 e. The van der Waals surface area contributed by atoms with Gasteiger partial charge in [0.15, 0.2) is 0 Å². The molecule has 0 bridgehead atoms. The lowest BCUT2D eigenvalue weighted by Crippen LogP contribution is -2.29. The number of thiazole rings is 1. The van der Waals surface area contributed by atoms with Gasteiger partial charge in [-0.3, -0.25) is 9.69 Å². The first-order chi connectivity index (χ1) is 11.6. The van der Waals surface area contributed by atoms with E-state index in [1.165, 1.54) is 19.3 Å². The molecule has 0 unspecified atom stereocenters. The van der Waals surface area contributed by atoms with Gasteiger partial charge in [0.1, 0.15) is 9.88 Å². The molecular weight excluding hydrogens is 318 g/mol. The molecule has 0 spiro atoms. The predicted molar refractivity (Wildman–Crippen MR) is 98.2 cm³/mol. The molecule has 5 heteroatoms. The number of hydrogen-bond acceptors (Lipinski definition) is 4. The molecule has 0 radical (unpaired) electrons. The zero-order valence-electron chi connectivity index (χ0n) is 14.5. The number of carbonyl (C=O) groups is 1. The van der Waals surface area contributed by atoms with Gasteiger partial charge in [-0.25, -0.2) is 4.98 Å². The maximum Gasteiger partial charge on any atom is 0.265 e. The number of aryl methyl sites for hydroxylation is 1. The topological polar surface area (TPSA) is 36.4 Å². The summed E-state index contributed by atoms with van der Waals surface area (Å²) in [6, 6.07) is 10.1. The first kappa shape index (κ1) is 17.1. The molecule has 2 aromatic rings. The van der Waals surface area contributed by atoms with Gasteiger partial charge >= 0.3 is 0 Å². The summed E-state index contributed by atoms with van der Waals surface area (Å²) in [6.45, 7) is 5.74. The highest BCUT2D eigenvalue weighted by Crippen LogP contribution is 2.23. The summed E-state index contributed by atoms with van der Waals surface area (Å²) in [5.74, 6) is 0.0683. The fraction of sp³-hybridized carbons (Fsp3) is 0.474. The summed E-state index contributed by atoms with van der Waals surface area (Å²) in [5, 5.41) is 1.06. The number of benzene rings is 1. The van der Waals surface area contributed by atoms with Crippen LogP contribution >= 0.6 is 11.3 Å². The second kappa shape index (κ2) is 7.90. The maximum absolute atomic E-state index is 12.8. The highest BCUT2D eigenvalue weighted by atomic mass is 32.1. The van der Waals surface area contributed by atoms with Crippen molar-refractivity contribution in [1.29, 1.82) is 0 Å². The molecule has 0 saturated carbocycles. The normalized spacial score (nSPS) is 15.4. The average molecular weight is 343 g/mol. The van der Waals surface area contributed by atoms with Crippen LogP contribution in [-0.4, -0.2) is 40.8 Å². The van der Waals surface area contributed by atoms with Gasteiger partial charge in [0.25, 0.3) is 5.91 Å². The number of hydrogen-bond donors (Lipinski definition) is 0. The Bertz CT molecular complexity index is 677. The van der Waals surface area contributed by atoms with Crippen molar-refractivity contribution in [1.82, 2.24) is 14.8 Å². The highest BCUT2D eigenvalue weighted by molar-refractivity contribution is 7.13. The van der Waals surface area contributed by atoms with Crippen molar-refractivity contribution in [2.75, 3.05) is 20.1 Å². The monoisotopic (exact) mass is 343 g/mol. The largest absolute Gasteiger partial charge is 0.337 e. The van der Waals surface area contributed by atoms with E-state index in [0.29, 0.717) is 6.54 Å². The molecule has 2 heterocycles. The van der Waals surface area contributed by atoms with Crippen molar-refractivity contribution in [3.05, 3.63) is 51.5 Å². The zero-order valence-corrected chi connectivity index (χ0v) is 15.3. The lowest BCUT2D eigenvalue weighted by atomic mass is 10.1. The van der Waals surface area contributed by atoms with E-state index in [2.05, 4.69) is 9.88 Å². The van der Waals surface area contributed by atoms with Crippen molar-refractivity contribution in [2.45, 2.75) is 39.3 Å². The van der Waals surface area contributed by atoms with Crippen LogP contribution in [0.1, 0.15) is 45.2 Å². The third-order valence-electron chi connectivity index (χ3n) is 4.45. The Kier molecular flexibility index (Phi) is 5.63. The van der Waals surface area contributed by atoms with E-state index in [-0.39, 0.29) is 5.91 Å². The minimum absolute atomic E-state index is 0.0683. The van der Waals surface area contributed by atoms with Crippen molar-refractivity contribution >= 4 is 17.2 Å². The molecule has 0 atom stereocenters. The minimum atomic E-state index is 0.0683. The summed E-state index contributed by atoms with van der Waals surface area (Å²) in [4.78, 5) is 22.4. The summed E-state index contributed by atoms with van der Waals surface area (Å²) >= 11 is 1.56. The third kappa shape index (κ3) is 4.22. The van der Waals surface area contributed by atoms with Gasteiger partial charge in [0.2, 0.25) is 0 Å². The molecule has 3 rings (SSSR count). The van der Waals surface area contributed by atoms with Crippen LogP contribution in [0, 0.1) is 6.92 Å². The van der Waals surface area contributed by atoms with Crippen LogP contribution < -0.4 is 0 Å². The van der Waals surface area contributed by atoms with Gasteiger partial charge in [-0.1, -0.05) is 36.8 Å². The Morgan fingerprint density at radius 1 is 1.21 bits per heavy atom. The molecule has 0 N–H and O–H groups in total. The van der Waals surface area contributed by atoms with Gasteiger partial charge < -0.3 is 4.90 Å². The van der Waals surface area contributed by atoms with Crippen LogP contribution in [0.4, 0.5) is 0 Å². The second-order valence-electron chi connectivity index (χ2n) is 6.51. The van der Waals surface area contributed by atoms with Crippen molar-refractivity contribution in [3.8, 4) is 0 Å². The number of piperidine rings is 1. The van der Waals surface area contributed by atoms with E-state index >= 15 is 0 Å². The molecular formula is C19H25N3OS. The lowest BCUT2D eigenvalue weighted by Gasteiger charge is -2.25. The fourth-order valence-corrected chi connectivity index (χ4v) is 4.23. The first-order valence-corrected chi connectivity index (χ1v) is 9.43.